The Bertz CT molecular complexity index is 387. The third kappa shape index (κ3) is 3.86. The van der Waals surface area contributed by atoms with Crippen LogP contribution in [0.15, 0.2) is 6.07 Å². The molecule has 4 nitrogen and oxygen atoms in total. The van der Waals surface area contributed by atoms with Crippen LogP contribution in [0, 0.1) is 18.8 Å². The maximum Gasteiger partial charge on any atom is 0.131 e. The van der Waals surface area contributed by atoms with E-state index in [-0.39, 0.29) is 0 Å². The van der Waals surface area contributed by atoms with Gasteiger partial charge in [-0.15, -0.1) is 0 Å². The predicted octanol–water partition coefficient (Wildman–Crippen LogP) is 3.06. The number of anilines is 2. The fraction of sp³-hybridized carbons (Fsp3) is 0.714. The first-order valence-corrected chi connectivity index (χ1v) is 7.02. The second kappa shape index (κ2) is 6.03. The molecule has 1 unspecified atom stereocenters. The van der Waals surface area contributed by atoms with E-state index in [9.17, 15) is 0 Å². The molecule has 1 aromatic rings. The number of rotatable bonds is 7. The second-order valence-corrected chi connectivity index (χ2v) is 5.31. The van der Waals surface area contributed by atoms with Crippen molar-refractivity contribution in [1.29, 1.82) is 0 Å². The minimum Gasteiger partial charge on any atom is -0.370 e. The first kappa shape index (κ1) is 13.1. The summed E-state index contributed by atoms with van der Waals surface area (Å²) in [4.78, 5) is 8.82. The molecule has 0 saturated heterocycles. The Labute approximate surface area is 110 Å². The molecule has 1 aliphatic rings. The summed E-state index contributed by atoms with van der Waals surface area (Å²) in [7, 11) is 0. The molecule has 0 spiro atoms. The zero-order valence-corrected chi connectivity index (χ0v) is 11.7. The highest BCUT2D eigenvalue weighted by Gasteiger charge is 2.27. The molecule has 1 aromatic heterocycles. The van der Waals surface area contributed by atoms with Crippen molar-refractivity contribution in [3.63, 3.8) is 0 Å². The number of aromatic nitrogens is 2. The minimum absolute atomic E-state index is 0.743. The van der Waals surface area contributed by atoms with Gasteiger partial charge in [0.1, 0.15) is 17.5 Å². The molecule has 100 valence electrons. The molecule has 1 saturated carbocycles. The number of nitrogens with zero attached hydrogens (tertiary/aromatic N) is 2. The second-order valence-electron chi connectivity index (χ2n) is 5.31. The fourth-order valence-electron chi connectivity index (χ4n) is 2.10. The van der Waals surface area contributed by atoms with Crippen molar-refractivity contribution in [1.82, 2.24) is 9.97 Å². The number of aryl methyl sites for hydroxylation is 1. The summed E-state index contributed by atoms with van der Waals surface area (Å²) in [5.41, 5.74) is 0. The Morgan fingerprint density at radius 3 is 2.56 bits per heavy atom. The first-order chi connectivity index (χ1) is 8.69. The quantitative estimate of drug-likeness (QED) is 0.778. The average molecular weight is 248 g/mol. The molecule has 1 fully saturated rings. The summed E-state index contributed by atoms with van der Waals surface area (Å²) in [6, 6.07) is 2.00. The van der Waals surface area contributed by atoms with E-state index in [0.29, 0.717) is 0 Å². The highest BCUT2D eigenvalue weighted by Crippen LogP contribution is 2.36. The smallest absolute Gasteiger partial charge is 0.131 e. The molecule has 1 heterocycles. The Kier molecular flexibility index (Phi) is 4.39. The lowest BCUT2D eigenvalue weighted by Gasteiger charge is -2.13. The molecule has 0 amide bonds. The highest BCUT2D eigenvalue weighted by molar-refractivity contribution is 5.47. The molecular weight excluding hydrogens is 224 g/mol. The minimum atomic E-state index is 0.743. The lowest BCUT2D eigenvalue weighted by molar-refractivity contribution is 0.536. The van der Waals surface area contributed by atoms with Crippen LogP contribution in [0.2, 0.25) is 0 Å². The zero-order valence-electron chi connectivity index (χ0n) is 11.7. The van der Waals surface area contributed by atoms with Gasteiger partial charge in [0.15, 0.2) is 0 Å². The first-order valence-electron chi connectivity index (χ1n) is 7.02. The van der Waals surface area contributed by atoms with Gasteiger partial charge in [-0.2, -0.15) is 0 Å². The Morgan fingerprint density at radius 2 is 1.94 bits per heavy atom. The summed E-state index contributed by atoms with van der Waals surface area (Å²) in [6.07, 6.45) is 3.90. The van der Waals surface area contributed by atoms with Crippen molar-refractivity contribution in [3.05, 3.63) is 11.9 Å². The highest BCUT2D eigenvalue weighted by atomic mass is 15.1. The van der Waals surface area contributed by atoms with Crippen LogP contribution < -0.4 is 10.6 Å². The van der Waals surface area contributed by atoms with Crippen LogP contribution in [0.1, 0.15) is 38.9 Å². The van der Waals surface area contributed by atoms with Crippen molar-refractivity contribution >= 4 is 11.6 Å². The van der Waals surface area contributed by atoms with Gasteiger partial charge >= 0.3 is 0 Å². The van der Waals surface area contributed by atoms with Gasteiger partial charge in [0.25, 0.3) is 0 Å². The summed E-state index contributed by atoms with van der Waals surface area (Å²) in [5, 5.41) is 6.74. The van der Waals surface area contributed by atoms with E-state index in [0.717, 1.165) is 48.8 Å². The molecule has 2 N–H and O–H groups in total. The van der Waals surface area contributed by atoms with Crippen molar-refractivity contribution in [3.8, 4) is 0 Å². The van der Waals surface area contributed by atoms with Crippen LogP contribution >= 0.6 is 0 Å². The standard InChI is InChI=1S/C14H24N4/c1-4-7-15-13-8-14(18-11(3)17-13)16-9-10(2)12-5-6-12/h8,10,12H,4-7,9H2,1-3H3,(H2,15,16,17,18). The third-order valence-corrected chi connectivity index (χ3v) is 3.43. The molecule has 4 heteroatoms. The van der Waals surface area contributed by atoms with Crippen molar-refractivity contribution in [2.24, 2.45) is 11.8 Å². The lowest BCUT2D eigenvalue weighted by Crippen LogP contribution is -2.14. The Balaban J connectivity index is 1.91. The van der Waals surface area contributed by atoms with Gasteiger partial charge in [-0.1, -0.05) is 13.8 Å². The van der Waals surface area contributed by atoms with E-state index >= 15 is 0 Å². The van der Waals surface area contributed by atoms with Crippen LogP contribution in [-0.4, -0.2) is 23.1 Å². The van der Waals surface area contributed by atoms with Crippen LogP contribution in [0.25, 0.3) is 0 Å². The van der Waals surface area contributed by atoms with Crippen LogP contribution in [0.4, 0.5) is 11.6 Å². The van der Waals surface area contributed by atoms with Gasteiger partial charge in [0.05, 0.1) is 0 Å². The normalized spacial score (nSPS) is 16.4. The van der Waals surface area contributed by atoms with Crippen LogP contribution in [0.5, 0.6) is 0 Å². The largest absolute Gasteiger partial charge is 0.370 e. The number of hydrogen-bond acceptors (Lipinski definition) is 4. The van der Waals surface area contributed by atoms with E-state index in [1.54, 1.807) is 0 Å². The van der Waals surface area contributed by atoms with Gasteiger partial charge in [-0.25, -0.2) is 9.97 Å². The monoisotopic (exact) mass is 248 g/mol. The molecule has 18 heavy (non-hydrogen) atoms. The third-order valence-electron chi connectivity index (χ3n) is 3.43. The summed E-state index contributed by atoms with van der Waals surface area (Å²) in [5.74, 6) is 4.35. The van der Waals surface area contributed by atoms with Crippen molar-refractivity contribution in [2.45, 2.75) is 40.0 Å². The summed E-state index contributed by atoms with van der Waals surface area (Å²) >= 11 is 0. The van der Waals surface area contributed by atoms with E-state index in [4.69, 9.17) is 0 Å². The van der Waals surface area contributed by atoms with E-state index in [1.165, 1.54) is 12.8 Å². The molecule has 0 radical (unpaired) electrons. The number of hydrogen-bond donors (Lipinski definition) is 2. The molecular formula is C14H24N4. The van der Waals surface area contributed by atoms with Gasteiger partial charge < -0.3 is 10.6 Å². The van der Waals surface area contributed by atoms with Crippen molar-refractivity contribution < 1.29 is 0 Å². The van der Waals surface area contributed by atoms with Gasteiger partial charge in [-0.05, 0) is 38.0 Å². The fourth-order valence-corrected chi connectivity index (χ4v) is 2.10. The summed E-state index contributed by atoms with van der Waals surface area (Å²) < 4.78 is 0. The predicted molar refractivity (Wildman–Crippen MR) is 75.9 cm³/mol. The summed E-state index contributed by atoms with van der Waals surface area (Å²) in [6.45, 7) is 8.36. The molecule has 1 atom stereocenters. The number of nitrogens with one attached hydrogen (secondary N) is 2. The molecule has 0 bridgehead atoms. The SMILES string of the molecule is CCCNc1cc(NCC(C)C2CC2)nc(C)n1. The van der Waals surface area contributed by atoms with Gasteiger partial charge in [-0.3, -0.25) is 0 Å². The molecule has 2 rings (SSSR count). The molecule has 0 aliphatic heterocycles. The zero-order chi connectivity index (χ0) is 13.0. The molecule has 0 aromatic carbocycles. The Morgan fingerprint density at radius 1 is 1.28 bits per heavy atom. The average Bonchev–Trinajstić information content (AvgIpc) is 3.17. The van der Waals surface area contributed by atoms with Crippen molar-refractivity contribution in [2.75, 3.05) is 23.7 Å². The van der Waals surface area contributed by atoms with Gasteiger partial charge in [0, 0.05) is 19.2 Å². The lowest BCUT2D eigenvalue weighted by atomic mass is 10.1. The van der Waals surface area contributed by atoms with E-state index in [2.05, 4.69) is 34.4 Å². The Hall–Kier alpha value is -1.32. The maximum absolute atomic E-state index is 4.43. The molecule has 1 aliphatic carbocycles. The van der Waals surface area contributed by atoms with Gasteiger partial charge in [0.2, 0.25) is 0 Å². The van der Waals surface area contributed by atoms with E-state index < -0.39 is 0 Å². The maximum atomic E-state index is 4.43. The topological polar surface area (TPSA) is 49.8 Å². The van der Waals surface area contributed by atoms with E-state index in [1.807, 2.05) is 13.0 Å². The van der Waals surface area contributed by atoms with Crippen LogP contribution in [0.3, 0.4) is 0 Å². The van der Waals surface area contributed by atoms with Crippen LogP contribution in [-0.2, 0) is 0 Å².